The maximum Gasteiger partial charge on any atom is 0.357 e. The van der Waals surface area contributed by atoms with Crippen LogP contribution in [0.5, 0.6) is 11.5 Å². The second-order valence-corrected chi connectivity index (χ2v) is 9.51. The number of phenols is 1. The molecule has 0 atom stereocenters. The molecule has 0 radical (unpaired) electrons. The van der Waals surface area contributed by atoms with Crippen LogP contribution in [0.15, 0.2) is 52.8 Å². The van der Waals surface area contributed by atoms with Gasteiger partial charge in [-0.25, -0.2) is 14.8 Å². The third-order valence-electron chi connectivity index (χ3n) is 5.06. The molecule has 0 spiro atoms. The molecule has 1 aromatic heterocycles. The number of allylic oxidation sites excluding steroid dienone is 1. The molecule has 0 saturated carbocycles. The van der Waals surface area contributed by atoms with Crippen LogP contribution in [0.3, 0.4) is 0 Å². The van der Waals surface area contributed by atoms with Gasteiger partial charge < -0.3 is 14.6 Å². The van der Waals surface area contributed by atoms with Gasteiger partial charge in [0, 0.05) is 28.3 Å². The van der Waals surface area contributed by atoms with E-state index < -0.39 is 5.97 Å². The first-order valence-corrected chi connectivity index (χ1v) is 11.9. The summed E-state index contributed by atoms with van der Waals surface area (Å²) >= 11 is 1.20. The molecule has 0 fully saturated rings. The van der Waals surface area contributed by atoms with E-state index in [2.05, 4.69) is 9.98 Å². The van der Waals surface area contributed by atoms with E-state index in [-0.39, 0.29) is 29.2 Å². The summed E-state index contributed by atoms with van der Waals surface area (Å²) in [6.45, 7) is 7.97. The molecule has 3 rings (SSSR count). The minimum Gasteiger partial charge on any atom is -0.507 e. The van der Waals surface area contributed by atoms with E-state index in [1.54, 1.807) is 55.8 Å². The van der Waals surface area contributed by atoms with Gasteiger partial charge in [0.15, 0.2) is 11.5 Å². The van der Waals surface area contributed by atoms with E-state index in [0.29, 0.717) is 27.6 Å². The number of ether oxygens (including phenoxy) is 2. The van der Waals surface area contributed by atoms with E-state index >= 15 is 0 Å². The standard InChI is InChI=1S/C27H28N2O5S/c1-6-34-25(32)22-16-35-26(29-22)28-15-19-13-17(14-21(24(19)31)27(2,3)4)7-12-23(30)18-8-10-20(33-5)11-9-18/h7-16,31H,6H2,1-5H3/b12-7+,28-15+. The van der Waals surface area contributed by atoms with Crippen molar-refractivity contribution < 1.29 is 24.2 Å². The topological polar surface area (TPSA) is 98.1 Å². The zero-order valence-electron chi connectivity index (χ0n) is 20.4. The molecule has 2 aromatic carbocycles. The van der Waals surface area contributed by atoms with Gasteiger partial charge in [-0.1, -0.05) is 26.8 Å². The Bertz CT molecular complexity index is 1270. The van der Waals surface area contributed by atoms with Crippen molar-refractivity contribution in [1.29, 1.82) is 0 Å². The third-order valence-corrected chi connectivity index (χ3v) is 5.81. The highest BCUT2D eigenvalue weighted by molar-refractivity contribution is 7.13. The number of aromatic nitrogens is 1. The van der Waals surface area contributed by atoms with Crippen molar-refractivity contribution in [3.63, 3.8) is 0 Å². The van der Waals surface area contributed by atoms with Crippen LogP contribution in [-0.2, 0) is 10.2 Å². The Labute approximate surface area is 208 Å². The van der Waals surface area contributed by atoms with Gasteiger partial charge in [-0.3, -0.25) is 4.79 Å². The number of hydrogen-bond donors (Lipinski definition) is 1. The average Bonchev–Trinajstić information content (AvgIpc) is 3.31. The molecule has 0 saturated heterocycles. The van der Waals surface area contributed by atoms with Gasteiger partial charge >= 0.3 is 5.97 Å². The quantitative estimate of drug-likeness (QED) is 0.180. The van der Waals surface area contributed by atoms with Crippen molar-refractivity contribution in [3.05, 3.63) is 75.8 Å². The summed E-state index contributed by atoms with van der Waals surface area (Å²) < 4.78 is 10.1. The van der Waals surface area contributed by atoms with Crippen molar-refractivity contribution in [3.8, 4) is 11.5 Å². The second-order valence-electron chi connectivity index (χ2n) is 8.68. The number of carbonyl (C=O) groups is 2. The van der Waals surface area contributed by atoms with E-state index in [9.17, 15) is 14.7 Å². The predicted molar refractivity (Wildman–Crippen MR) is 138 cm³/mol. The van der Waals surface area contributed by atoms with E-state index in [1.165, 1.54) is 23.6 Å². The number of aromatic hydroxyl groups is 1. The summed E-state index contributed by atoms with van der Waals surface area (Å²) in [5, 5.41) is 12.8. The first kappa shape index (κ1) is 25.8. The number of phenolic OH excluding ortho intramolecular Hbond substituents is 1. The Morgan fingerprint density at radius 3 is 2.51 bits per heavy atom. The fraction of sp³-hybridized carbons (Fsp3) is 0.259. The smallest absolute Gasteiger partial charge is 0.357 e. The zero-order valence-corrected chi connectivity index (χ0v) is 21.2. The van der Waals surface area contributed by atoms with Crippen molar-refractivity contribution in [2.45, 2.75) is 33.1 Å². The minimum atomic E-state index is -0.503. The van der Waals surface area contributed by atoms with Crippen LogP contribution in [0, 0.1) is 0 Å². The molecular formula is C27H28N2O5S. The number of thiazole rings is 1. The number of carbonyl (C=O) groups excluding carboxylic acids is 2. The zero-order chi connectivity index (χ0) is 25.6. The largest absolute Gasteiger partial charge is 0.507 e. The molecule has 0 unspecified atom stereocenters. The number of aliphatic imine (C=N–C) groups is 1. The third kappa shape index (κ3) is 6.64. The Balaban J connectivity index is 1.90. The van der Waals surface area contributed by atoms with Crippen LogP contribution in [0.25, 0.3) is 6.08 Å². The van der Waals surface area contributed by atoms with Gasteiger partial charge in [-0.2, -0.15) is 0 Å². The molecule has 3 aromatic rings. The number of rotatable bonds is 8. The summed E-state index contributed by atoms with van der Waals surface area (Å²) in [4.78, 5) is 33.0. The Morgan fingerprint density at radius 1 is 1.17 bits per heavy atom. The number of hydrogen-bond acceptors (Lipinski definition) is 8. The van der Waals surface area contributed by atoms with Crippen molar-refractivity contribution in [2.75, 3.05) is 13.7 Å². The minimum absolute atomic E-state index is 0.0991. The monoisotopic (exact) mass is 492 g/mol. The van der Waals surface area contributed by atoms with E-state index in [0.717, 1.165) is 5.56 Å². The lowest BCUT2D eigenvalue weighted by Gasteiger charge is -2.22. The first-order valence-electron chi connectivity index (χ1n) is 11.0. The van der Waals surface area contributed by atoms with Crippen LogP contribution in [-0.4, -0.2) is 41.8 Å². The SMILES string of the molecule is CCOC(=O)c1csc(/N=C/c2cc(/C=C/C(=O)c3ccc(OC)cc3)cc(C(C)(C)C)c2O)n1. The molecule has 0 aliphatic carbocycles. The predicted octanol–water partition coefficient (Wildman–Crippen LogP) is 5.98. The molecule has 1 heterocycles. The fourth-order valence-electron chi connectivity index (χ4n) is 3.22. The summed E-state index contributed by atoms with van der Waals surface area (Å²) in [6.07, 6.45) is 4.70. The molecule has 182 valence electrons. The fourth-order valence-corrected chi connectivity index (χ4v) is 3.85. The number of nitrogens with zero attached hydrogens (tertiary/aromatic N) is 2. The number of esters is 1. The van der Waals surface area contributed by atoms with Gasteiger partial charge in [0.05, 0.1) is 13.7 Å². The Kier molecular flexibility index (Phi) is 8.19. The van der Waals surface area contributed by atoms with Crippen molar-refractivity contribution >= 4 is 40.5 Å². The maximum atomic E-state index is 12.6. The molecule has 0 amide bonds. The number of benzene rings is 2. The molecular weight excluding hydrogens is 464 g/mol. The molecule has 1 N–H and O–H groups in total. The van der Waals surface area contributed by atoms with Crippen LogP contribution in [0.4, 0.5) is 5.13 Å². The Morgan fingerprint density at radius 2 is 1.89 bits per heavy atom. The number of methoxy groups -OCH3 is 1. The van der Waals surface area contributed by atoms with E-state index in [4.69, 9.17) is 9.47 Å². The van der Waals surface area contributed by atoms with Gasteiger partial charge in [0.2, 0.25) is 5.13 Å². The molecule has 0 aliphatic rings. The molecule has 8 heteroatoms. The van der Waals surface area contributed by atoms with Crippen LogP contribution < -0.4 is 4.74 Å². The van der Waals surface area contributed by atoms with Gasteiger partial charge in [0.1, 0.15) is 11.5 Å². The van der Waals surface area contributed by atoms with Crippen LogP contribution in [0.1, 0.15) is 65.2 Å². The average molecular weight is 493 g/mol. The highest BCUT2D eigenvalue weighted by Gasteiger charge is 2.21. The van der Waals surface area contributed by atoms with Gasteiger partial charge in [-0.15, -0.1) is 11.3 Å². The lowest BCUT2D eigenvalue weighted by Crippen LogP contribution is -2.12. The lowest BCUT2D eigenvalue weighted by atomic mass is 9.84. The molecule has 0 bridgehead atoms. The summed E-state index contributed by atoms with van der Waals surface area (Å²) in [6, 6.07) is 10.5. The molecule has 7 nitrogen and oxygen atoms in total. The molecule has 0 aliphatic heterocycles. The van der Waals surface area contributed by atoms with Crippen LogP contribution in [0.2, 0.25) is 0 Å². The van der Waals surface area contributed by atoms with Gasteiger partial charge in [0.25, 0.3) is 0 Å². The normalized spacial score (nSPS) is 11.8. The highest BCUT2D eigenvalue weighted by Crippen LogP contribution is 2.34. The van der Waals surface area contributed by atoms with Gasteiger partial charge in [-0.05, 0) is 60.4 Å². The summed E-state index contributed by atoms with van der Waals surface area (Å²) in [5.74, 6) is 0.124. The van der Waals surface area contributed by atoms with Crippen molar-refractivity contribution in [2.24, 2.45) is 4.99 Å². The maximum absolute atomic E-state index is 12.6. The van der Waals surface area contributed by atoms with Crippen LogP contribution >= 0.6 is 11.3 Å². The highest BCUT2D eigenvalue weighted by atomic mass is 32.1. The Hall–Kier alpha value is -3.78. The lowest BCUT2D eigenvalue weighted by molar-refractivity contribution is 0.0520. The number of ketones is 1. The summed E-state index contributed by atoms with van der Waals surface area (Å²) in [7, 11) is 1.57. The van der Waals surface area contributed by atoms with E-state index in [1.807, 2.05) is 26.8 Å². The first-order chi connectivity index (χ1) is 16.6. The second kappa shape index (κ2) is 11.1. The summed E-state index contributed by atoms with van der Waals surface area (Å²) in [5.41, 5.74) is 2.31. The van der Waals surface area contributed by atoms with Crippen molar-refractivity contribution in [1.82, 2.24) is 4.98 Å². The molecule has 35 heavy (non-hydrogen) atoms.